The number of ether oxygens (including phenoxy) is 1. The summed E-state index contributed by atoms with van der Waals surface area (Å²) in [6, 6.07) is 1.63. The smallest absolute Gasteiger partial charge is 0.201 e. The van der Waals surface area contributed by atoms with Crippen molar-refractivity contribution < 1.29 is 13.5 Å². The van der Waals surface area contributed by atoms with Crippen LogP contribution in [0.15, 0.2) is 12.6 Å². The number of hydrogen-bond donors (Lipinski definition) is 0. The topological polar surface area (TPSA) is 9.23 Å². The summed E-state index contributed by atoms with van der Waals surface area (Å²) in [5.41, 5.74) is 0.963. The molecule has 1 aromatic rings. The standard InChI is InChI=1S/C11H9F2IO/c1-6(14)8-5-7-3-2-4-15-11(7)10(13)9(8)12/h5H,1-4H2. The molecule has 0 unspecified atom stereocenters. The first-order chi connectivity index (χ1) is 7.11. The Morgan fingerprint density at radius 3 is 2.80 bits per heavy atom. The second kappa shape index (κ2) is 4.08. The van der Waals surface area contributed by atoms with Crippen LogP contribution in [0.1, 0.15) is 17.5 Å². The van der Waals surface area contributed by atoms with Gasteiger partial charge in [0.15, 0.2) is 11.6 Å². The van der Waals surface area contributed by atoms with E-state index in [2.05, 4.69) is 6.58 Å². The van der Waals surface area contributed by atoms with E-state index in [1.165, 1.54) is 0 Å². The minimum Gasteiger partial charge on any atom is -0.490 e. The molecule has 15 heavy (non-hydrogen) atoms. The molecular formula is C11H9F2IO. The average Bonchev–Trinajstić information content (AvgIpc) is 2.23. The van der Waals surface area contributed by atoms with Crippen LogP contribution in [-0.2, 0) is 6.42 Å². The van der Waals surface area contributed by atoms with Crippen molar-refractivity contribution in [2.24, 2.45) is 0 Å². The predicted molar refractivity (Wildman–Crippen MR) is 63.2 cm³/mol. The van der Waals surface area contributed by atoms with Crippen LogP contribution in [0.3, 0.4) is 0 Å². The molecule has 0 saturated carbocycles. The van der Waals surface area contributed by atoms with Crippen LogP contribution in [0.25, 0.3) is 3.58 Å². The number of halogens is 3. The Morgan fingerprint density at radius 1 is 1.40 bits per heavy atom. The van der Waals surface area contributed by atoms with E-state index < -0.39 is 11.6 Å². The van der Waals surface area contributed by atoms with Crippen molar-refractivity contribution in [3.8, 4) is 5.75 Å². The minimum atomic E-state index is -0.889. The third-order valence-electron chi connectivity index (χ3n) is 2.37. The molecule has 1 aliphatic rings. The molecule has 4 heteroatoms. The molecule has 1 heterocycles. The van der Waals surface area contributed by atoms with Gasteiger partial charge in [0, 0.05) is 9.14 Å². The largest absolute Gasteiger partial charge is 0.490 e. The van der Waals surface area contributed by atoms with Gasteiger partial charge in [-0.3, -0.25) is 0 Å². The molecule has 0 atom stereocenters. The first kappa shape index (κ1) is 10.9. The van der Waals surface area contributed by atoms with Crippen molar-refractivity contribution in [1.29, 1.82) is 0 Å². The van der Waals surface area contributed by atoms with Gasteiger partial charge >= 0.3 is 0 Å². The Labute approximate surface area is 100 Å². The van der Waals surface area contributed by atoms with Gasteiger partial charge in [-0.15, -0.1) is 0 Å². The lowest BCUT2D eigenvalue weighted by Gasteiger charge is -2.19. The molecule has 0 aromatic heterocycles. The fourth-order valence-electron chi connectivity index (χ4n) is 1.64. The van der Waals surface area contributed by atoms with Crippen molar-refractivity contribution in [2.75, 3.05) is 6.61 Å². The summed E-state index contributed by atoms with van der Waals surface area (Å²) in [6.45, 7) is 4.07. The molecule has 0 saturated heterocycles. The highest BCUT2D eigenvalue weighted by Gasteiger charge is 2.22. The van der Waals surface area contributed by atoms with Crippen LogP contribution in [0.2, 0.25) is 0 Å². The molecule has 0 amide bonds. The van der Waals surface area contributed by atoms with Gasteiger partial charge in [0.25, 0.3) is 0 Å². The maximum Gasteiger partial charge on any atom is 0.201 e. The van der Waals surface area contributed by atoms with Crippen LogP contribution in [-0.4, -0.2) is 6.61 Å². The van der Waals surface area contributed by atoms with Gasteiger partial charge in [0.05, 0.1) is 6.61 Å². The summed E-state index contributed by atoms with van der Waals surface area (Å²) in [7, 11) is 0. The zero-order chi connectivity index (χ0) is 11.0. The van der Waals surface area contributed by atoms with E-state index in [1.54, 1.807) is 6.07 Å². The average molecular weight is 322 g/mol. The molecule has 80 valence electrons. The van der Waals surface area contributed by atoms with Gasteiger partial charge < -0.3 is 4.74 Å². The van der Waals surface area contributed by atoms with Crippen molar-refractivity contribution in [3.05, 3.63) is 35.4 Å². The summed E-state index contributed by atoms with van der Waals surface area (Å²) in [4.78, 5) is 0. The molecular weight excluding hydrogens is 313 g/mol. The number of hydrogen-bond acceptors (Lipinski definition) is 1. The maximum absolute atomic E-state index is 13.6. The Kier molecular flexibility index (Phi) is 2.95. The lowest BCUT2D eigenvalue weighted by molar-refractivity contribution is 0.268. The molecule has 1 aromatic carbocycles. The highest BCUT2D eigenvalue weighted by molar-refractivity contribution is 14.1. The van der Waals surface area contributed by atoms with E-state index in [-0.39, 0.29) is 11.3 Å². The molecule has 0 N–H and O–H groups in total. The van der Waals surface area contributed by atoms with E-state index in [4.69, 9.17) is 4.74 Å². The SMILES string of the molecule is C=C(I)c1cc2c(c(F)c1F)OCCC2. The quantitative estimate of drug-likeness (QED) is 0.717. The second-order valence-electron chi connectivity index (χ2n) is 3.40. The second-order valence-corrected chi connectivity index (χ2v) is 4.70. The highest BCUT2D eigenvalue weighted by atomic mass is 127. The summed E-state index contributed by atoms with van der Waals surface area (Å²) in [6.07, 6.45) is 1.56. The molecule has 0 radical (unpaired) electrons. The van der Waals surface area contributed by atoms with Crippen molar-refractivity contribution in [1.82, 2.24) is 0 Å². The van der Waals surface area contributed by atoms with Crippen LogP contribution in [0.5, 0.6) is 5.75 Å². The zero-order valence-corrected chi connectivity index (χ0v) is 10.1. The van der Waals surface area contributed by atoms with Gasteiger partial charge in [-0.1, -0.05) is 6.58 Å². The van der Waals surface area contributed by atoms with Gasteiger partial charge in [-0.05, 0) is 47.1 Å². The van der Waals surface area contributed by atoms with Crippen LogP contribution in [0.4, 0.5) is 8.78 Å². The van der Waals surface area contributed by atoms with Gasteiger partial charge in [-0.25, -0.2) is 4.39 Å². The summed E-state index contributed by atoms with van der Waals surface area (Å²) >= 11 is 1.88. The van der Waals surface area contributed by atoms with Crippen molar-refractivity contribution >= 4 is 26.2 Å². The Bertz CT molecular complexity index is 429. The third-order valence-corrected chi connectivity index (χ3v) is 2.95. The summed E-state index contributed by atoms with van der Waals surface area (Å²) in [5, 5.41) is 0. The van der Waals surface area contributed by atoms with Crippen molar-refractivity contribution in [2.45, 2.75) is 12.8 Å². The molecule has 0 aliphatic carbocycles. The van der Waals surface area contributed by atoms with E-state index in [1.807, 2.05) is 22.6 Å². The molecule has 2 rings (SSSR count). The number of aryl methyl sites for hydroxylation is 1. The molecule has 1 aliphatic heterocycles. The monoisotopic (exact) mass is 322 g/mol. The van der Waals surface area contributed by atoms with Gasteiger partial charge in [0.1, 0.15) is 0 Å². The molecule has 0 spiro atoms. The zero-order valence-electron chi connectivity index (χ0n) is 7.95. The minimum absolute atomic E-state index is 0.0696. The van der Waals surface area contributed by atoms with Gasteiger partial charge in [-0.2, -0.15) is 4.39 Å². The highest BCUT2D eigenvalue weighted by Crippen LogP contribution is 2.35. The van der Waals surface area contributed by atoms with Gasteiger partial charge in [0.2, 0.25) is 5.82 Å². The number of fused-ring (bicyclic) bond motifs is 1. The fraction of sp³-hybridized carbons (Fsp3) is 0.273. The van der Waals surface area contributed by atoms with E-state index >= 15 is 0 Å². The lowest BCUT2D eigenvalue weighted by Crippen LogP contribution is -2.12. The first-order valence-corrected chi connectivity index (χ1v) is 5.67. The predicted octanol–water partition coefficient (Wildman–Crippen LogP) is 3.70. The molecule has 0 fully saturated rings. The summed E-state index contributed by atoms with van der Waals surface area (Å²) < 4.78 is 32.7. The van der Waals surface area contributed by atoms with Crippen LogP contribution in [0, 0.1) is 11.6 Å². The normalized spacial score (nSPS) is 14.3. The number of rotatable bonds is 1. The van der Waals surface area contributed by atoms with Crippen LogP contribution < -0.4 is 4.74 Å². The van der Waals surface area contributed by atoms with E-state index in [9.17, 15) is 8.78 Å². The third kappa shape index (κ3) is 1.87. The fourth-order valence-corrected chi connectivity index (χ4v) is 2.03. The number of benzene rings is 1. The van der Waals surface area contributed by atoms with E-state index in [0.717, 1.165) is 18.4 Å². The van der Waals surface area contributed by atoms with Crippen molar-refractivity contribution in [3.63, 3.8) is 0 Å². The Hall–Kier alpha value is -0.650. The lowest BCUT2D eigenvalue weighted by atomic mass is 10.0. The maximum atomic E-state index is 13.6. The van der Waals surface area contributed by atoms with Crippen LogP contribution >= 0.6 is 22.6 Å². The Morgan fingerprint density at radius 2 is 2.13 bits per heavy atom. The van der Waals surface area contributed by atoms with E-state index in [0.29, 0.717) is 10.2 Å². The molecule has 0 bridgehead atoms. The molecule has 1 nitrogen and oxygen atoms in total. The first-order valence-electron chi connectivity index (χ1n) is 4.59. The summed E-state index contributed by atoms with van der Waals surface area (Å²) in [5.74, 6) is -1.68. The Balaban J connectivity index is 2.63.